The van der Waals surface area contributed by atoms with Gasteiger partial charge in [0.05, 0.1) is 5.69 Å². The van der Waals surface area contributed by atoms with Crippen molar-refractivity contribution >= 4 is 35.1 Å². The first kappa shape index (κ1) is 11.3. The fourth-order valence-electron chi connectivity index (χ4n) is 1.22. The van der Waals surface area contributed by atoms with Crippen LogP contribution in [0.15, 0.2) is 33.6 Å². The maximum Gasteiger partial charge on any atom is 0.320 e. The lowest BCUT2D eigenvalue weighted by molar-refractivity contribution is 0.530. The van der Waals surface area contributed by atoms with Crippen molar-refractivity contribution < 1.29 is 4.42 Å². The van der Waals surface area contributed by atoms with Crippen LogP contribution in [-0.2, 0) is 5.88 Å². The summed E-state index contributed by atoms with van der Waals surface area (Å²) >= 11 is 7.22. The molecule has 0 saturated carbocycles. The topological polar surface area (TPSA) is 51.0 Å². The number of thioether (sulfide) groups is 1. The van der Waals surface area contributed by atoms with E-state index in [0.717, 1.165) is 10.6 Å². The van der Waals surface area contributed by atoms with Crippen LogP contribution in [0.3, 0.4) is 0 Å². The molecule has 6 heteroatoms. The van der Waals surface area contributed by atoms with Crippen LogP contribution in [0.1, 0.15) is 5.89 Å². The molecular weight excluding hydrogens is 246 g/mol. The summed E-state index contributed by atoms with van der Waals surface area (Å²) in [6, 6.07) is 8.26. The Morgan fingerprint density at radius 3 is 2.88 bits per heavy atom. The predicted octanol–water partition coefficient (Wildman–Crippen LogP) is 3.27. The van der Waals surface area contributed by atoms with Crippen LogP contribution in [0.4, 0.5) is 11.7 Å². The van der Waals surface area contributed by atoms with E-state index >= 15 is 0 Å². The average molecular weight is 256 g/mol. The highest BCUT2D eigenvalue weighted by atomic mass is 35.5. The fraction of sp³-hybridized carbons (Fsp3) is 0.200. The van der Waals surface area contributed by atoms with Crippen molar-refractivity contribution in [3.05, 3.63) is 30.2 Å². The Labute approximate surface area is 102 Å². The lowest BCUT2D eigenvalue weighted by Crippen LogP contribution is -1.92. The molecular formula is C10H10ClN3OS. The zero-order valence-electron chi connectivity index (χ0n) is 8.61. The van der Waals surface area contributed by atoms with Gasteiger partial charge in [0.15, 0.2) is 0 Å². The molecule has 16 heavy (non-hydrogen) atoms. The molecule has 0 aliphatic heterocycles. The first-order valence-corrected chi connectivity index (χ1v) is 6.38. The summed E-state index contributed by atoms with van der Waals surface area (Å²) in [5.74, 6) is 0.629. The molecule has 0 fully saturated rings. The van der Waals surface area contributed by atoms with E-state index in [9.17, 15) is 0 Å². The van der Waals surface area contributed by atoms with Crippen LogP contribution in [-0.4, -0.2) is 16.5 Å². The lowest BCUT2D eigenvalue weighted by Gasteiger charge is -2.05. The van der Waals surface area contributed by atoms with E-state index in [1.54, 1.807) is 11.8 Å². The highest BCUT2D eigenvalue weighted by molar-refractivity contribution is 7.98. The molecule has 0 atom stereocenters. The standard InChI is InChI=1S/C10H10ClN3OS/c1-16-8-5-3-2-4-7(8)12-10-14-13-9(6-11)15-10/h2-5H,6H2,1H3,(H,12,14). The van der Waals surface area contributed by atoms with Crippen LogP contribution in [0.25, 0.3) is 0 Å². The van der Waals surface area contributed by atoms with Gasteiger partial charge in [0.2, 0.25) is 5.89 Å². The Morgan fingerprint density at radius 1 is 1.38 bits per heavy atom. The van der Waals surface area contributed by atoms with Crippen molar-refractivity contribution in [1.29, 1.82) is 0 Å². The molecule has 0 radical (unpaired) electrons. The maximum atomic E-state index is 5.57. The summed E-state index contributed by atoms with van der Waals surface area (Å²) in [5.41, 5.74) is 0.944. The normalized spacial score (nSPS) is 10.4. The second-order valence-corrected chi connectivity index (χ2v) is 4.08. The molecule has 1 aromatic carbocycles. The molecule has 1 aromatic heterocycles. The molecule has 0 spiro atoms. The molecule has 2 rings (SSSR count). The Kier molecular flexibility index (Phi) is 3.69. The van der Waals surface area contributed by atoms with Crippen molar-refractivity contribution in [2.24, 2.45) is 0 Å². The number of halogens is 1. The van der Waals surface area contributed by atoms with Crippen LogP contribution in [0.5, 0.6) is 0 Å². The second kappa shape index (κ2) is 5.23. The molecule has 1 heterocycles. The highest BCUT2D eigenvalue weighted by Crippen LogP contribution is 2.27. The third-order valence-corrected chi connectivity index (χ3v) is 2.95. The van der Waals surface area contributed by atoms with Crippen LogP contribution in [0, 0.1) is 0 Å². The van der Waals surface area contributed by atoms with E-state index in [2.05, 4.69) is 15.5 Å². The SMILES string of the molecule is CSc1ccccc1Nc1nnc(CCl)o1. The Morgan fingerprint density at radius 2 is 2.19 bits per heavy atom. The third kappa shape index (κ3) is 2.48. The Bertz CT molecular complexity index is 475. The van der Waals surface area contributed by atoms with Gasteiger partial charge in [0.1, 0.15) is 5.88 Å². The minimum Gasteiger partial charge on any atom is -0.407 e. The molecule has 2 aromatic rings. The molecule has 84 valence electrons. The molecule has 0 unspecified atom stereocenters. The minimum atomic E-state index is 0.221. The van der Waals surface area contributed by atoms with Gasteiger partial charge < -0.3 is 9.73 Å². The first-order chi connectivity index (χ1) is 7.83. The zero-order chi connectivity index (χ0) is 11.4. The lowest BCUT2D eigenvalue weighted by atomic mass is 10.3. The smallest absolute Gasteiger partial charge is 0.320 e. The largest absolute Gasteiger partial charge is 0.407 e. The van der Waals surface area contributed by atoms with Crippen LogP contribution >= 0.6 is 23.4 Å². The number of hydrogen-bond donors (Lipinski definition) is 1. The van der Waals surface area contributed by atoms with Crippen LogP contribution in [0.2, 0.25) is 0 Å². The minimum absolute atomic E-state index is 0.221. The maximum absolute atomic E-state index is 5.57. The molecule has 0 amide bonds. The zero-order valence-corrected chi connectivity index (χ0v) is 10.2. The number of para-hydroxylation sites is 1. The van der Waals surface area contributed by atoms with Crippen molar-refractivity contribution in [2.75, 3.05) is 11.6 Å². The Balaban J connectivity index is 2.19. The van der Waals surface area contributed by atoms with Crippen molar-refractivity contribution in [1.82, 2.24) is 10.2 Å². The molecule has 0 saturated heterocycles. The van der Waals surface area contributed by atoms with Gasteiger partial charge in [-0.05, 0) is 18.4 Å². The van der Waals surface area contributed by atoms with E-state index < -0.39 is 0 Å². The fourth-order valence-corrected chi connectivity index (χ4v) is 1.88. The van der Waals surface area contributed by atoms with E-state index in [1.165, 1.54) is 0 Å². The van der Waals surface area contributed by atoms with Gasteiger partial charge in [-0.25, -0.2) is 0 Å². The van der Waals surface area contributed by atoms with E-state index in [4.69, 9.17) is 16.0 Å². The molecule has 0 aliphatic carbocycles. The number of aromatic nitrogens is 2. The third-order valence-electron chi connectivity index (χ3n) is 1.93. The number of hydrogen-bond acceptors (Lipinski definition) is 5. The van der Waals surface area contributed by atoms with Gasteiger partial charge in [-0.1, -0.05) is 17.2 Å². The summed E-state index contributed by atoms with van der Waals surface area (Å²) in [5, 5.41) is 10.7. The van der Waals surface area contributed by atoms with Gasteiger partial charge in [-0.15, -0.1) is 28.5 Å². The van der Waals surface area contributed by atoms with Gasteiger partial charge >= 0.3 is 6.01 Å². The number of benzene rings is 1. The number of nitrogens with zero attached hydrogens (tertiary/aromatic N) is 2. The highest BCUT2D eigenvalue weighted by Gasteiger charge is 2.06. The summed E-state index contributed by atoms with van der Waals surface area (Å²) < 4.78 is 5.26. The number of anilines is 2. The average Bonchev–Trinajstić information content (AvgIpc) is 2.77. The van der Waals surface area contributed by atoms with E-state index in [0.29, 0.717) is 11.9 Å². The van der Waals surface area contributed by atoms with Crippen molar-refractivity contribution in [2.45, 2.75) is 10.8 Å². The van der Waals surface area contributed by atoms with Gasteiger partial charge in [-0.3, -0.25) is 0 Å². The number of nitrogens with one attached hydrogen (secondary N) is 1. The van der Waals surface area contributed by atoms with Gasteiger partial charge in [0, 0.05) is 4.90 Å². The van der Waals surface area contributed by atoms with Gasteiger partial charge in [-0.2, -0.15) is 0 Å². The number of rotatable bonds is 4. The van der Waals surface area contributed by atoms with Gasteiger partial charge in [0.25, 0.3) is 0 Å². The molecule has 0 bridgehead atoms. The Hall–Kier alpha value is -1.20. The monoisotopic (exact) mass is 255 g/mol. The van der Waals surface area contributed by atoms with Crippen LogP contribution < -0.4 is 5.32 Å². The summed E-state index contributed by atoms with van der Waals surface area (Å²) in [4.78, 5) is 1.12. The summed E-state index contributed by atoms with van der Waals surface area (Å²) in [6.07, 6.45) is 2.01. The molecule has 0 aliphatic rings. The molecule has 4 nitrogen and oxygen atoms in total. The quantitative estimate of drug-likeness (QED) is 0.671. The van der Waals surface area contributed by atoms with Crippen molar-refractivity contribution in [3.8, 4) is 0 Å². The second-order valence-electron chi connectivity index (χ2n) is 2.96. The van der Waals surface area contributed by atoms with E-state index in [-0.39, 0.29) is 5.88 Å². The predicted molar refractivity (Wildman–Crippen MR) is 65.4 cm³/mol. The summed E-state index contributed by atoms with van der Waals surface area (Å²) in [7, 11) is 0. The van der Waals surface area contributed by atoms with E-state index in [1.807, 2.05) is 30.5 Å². The summed E-state index contributed by atoms with van der Waals surface area (Å²) in [6.45, 7) is 0. The van der Waals surface area contributed by atoms with Crippen molar-refractivity contribution in [3.63, 3.8) is 0 Å². The number of alkyl halides is 1. The first-order valence-electron chi connectivity index (χ1n) is 4.62. The molecule has 1 N–H and O–H groups in total.